The summed E-state index contributed by atoms with van der Waals surface area (Å²) < 4.78 is 2.57. The van der Waals surface area contributed by atoms with E-state index < -0.39 is 0 Å². The van der Waals surface area contributed by atoms with Crippen molar-refractivity contribution < 1.29 is 0 Å². The molecule has 62 valence electrons. The van der Waals surface area contributed by atoms with E-state index in [-0.39, 0.29) is 0 Å². The van der Waals surface area contributed by atoms with Gasteiger partial charge in [0.15, 0.2) is 5.15 Å². The second-order valence-electron chi connectivity index (χ2n) is 2.14. The van der Waals surface area contributed by atoms with E-state index in [2.05, 4.69) is 32.7 Å². The van der Waals surface area contributed by atoms with Crippen LogP contribution in [0.2, 0.25) is 10.3 Å². The summed E-state index contributed by atoms with van der Waals surface area (Å²) in [4.78, 5) is 3.90. The molecule has 0 aliphatic rings. The maximum absolute atomic E-state index is 5.85. The number of rotatable bonds is 0. The van der Waals surface area contributed by atoms with E-state index in [4.69, 9.17) is 23.2 Å². The third-order valence-electron chi connectivity index (χ3n) is 1.38. The second kappa shape index (κ2) is 3.01. The molecule has 12 heavy (non-hydrogen) atoms. The smallest absolute Gasteiger partial charge is 0.157 e. The molecule has 0 atom stereocenters. The van der Waals surface area contributed by atoms with E-state index in [1.165, 1.54) is 0 Å². The van der Waals surface area contributed by atoms with E-state index in [1.807, 2.05) is 0 Å². The molecule has 0 unspecified atom stereocenters. The van der Waals surface area contributed by atoms with Crippen LogP contribution in [0.1, 0.15) is 0 Å². The van der Waals surface area contributed by atoms with Crippen molar-refractivity contribution in [3.63, 3.8) is 0 Å². The first-order valence-electron chi connectivity index (χ1n) is 3.03. The zero-order chi connectivity index (χ0) is 8.72. The fourth-order valence-corrected chi connectivity index (χ4v) is 2.19. The van der Waals surface area contributed by atoms with Crippen molar-refractivity contribution >= 4 is 51.3 Å². The monoisotopic (exact) mass is 313 g/mol. The average Bonchev–Trinajstić information content (AvgIpc) is 2.31. The number of aromatic nitrogens is 3. The first kappa shape index (κ1) is 8.52. The minimum Gasteiger partial charge on any atom is -0.234 e. The predicted octanol–water partition coefficient (Wildman–Crippen LogP) is 2.64. The Labute approximate surface area is 91.8 Å². The number of nitrogens with zero attached hydrogens (tertiary/aromatic N) is 3. The Hall–Kier alpha value is -0.0700. The first-order valence-corrected chi connectivity index (χ1v) is 4.87. The Balaban J connectivity index is 2.93. The van der Waals surface area contributed by atoms with Crippen LogP contribution in [0.15, 0.2) is 12.4 Å². The molecule has 0 N–H and O–H groups in total. The molecule has 2 heterocycles. The van der Waals surface area contributed by atoms with Crippen molar-refractivity contribution in [2.45, 2.75) is 0 Å². The van der Waals surface area contributed by atoms with Crippen LogP contribution in [-0.2, 0) is 0 Å². The molecule has 0 radical (unpaired) electrons. The fourth-order valence-electron chi connectivity index (χ4n) is 0.909. The fraction of sp³-hybridized carbons (Fsp3) is 0. The molecule has 6 heteroatoms. The van der Waals surface area contributed by atoms with Gasteiger partial charge in [-0.2, -0.15) is 5.10 Å². The highest BCUT2D eigenvalue weighted by Gasteiger charge is 2.07. The van der Waals surface area contributed by atoms with Crippen molar-refractivity contribution in [2.24, 2.45) is 0 Å². The van der Waals surface area contributed by atoms with Gasteiger partial charge in [-0.15, -0.1) is 0 Å². The van der Waals surface area contributed by atoms with Crippen LogP contribution in [0.4, 0.5) is 0 Å². The third-order valence-corrected chi connectivity index (χ3v) is 2.62. The van der Waals surface area contributed by atoms with Crippen molar-refractivity contribution in [3.05, 3.63) is 26.3 Å². The number of hydrogen-bond acceptors (Lipinski definition) is 2. The lowest BCUT2D eigenvalue weighted by molar-refractivity contribution is 0.946. The summed E-state index contributed by atoms with van der Waals surface area (Å²) >= 11 is 13.7. The van der Waals surface area contributed by atoms with Gasteiger partial charge in [0.05, 0.1) is 16.0 Å². The molecule has 0 aromatic carbocycles. The predicted molar refractivity (Wildman–Crippen MR) is 55.7 cm³/mol. The summed E-state index contributed by atoms with van der Waals surface area (Å²) in [7, 11) is 0. The minimum atomic E-state index is 0.340. The molecule has 2 aromatic rings. The lowest BCUT2D eigenvalue weighted by Gasteiger charge is -1.96. The van der Waals surface area contributed by atoms with Gasteiger partial charge in [0.1, 0.15) is 10.7 Å². The lowest BCUT2D eigenvalue weighted by Crippen LogP contribution is -1.90. The van der Waals surface area contributed by atoms with Crippen molar-refractivity contribution in [3.8, 4) is 0 Å². The summed E-state index contributed by atoms with van der Waals surface area (Å²) in [6.07, 6.45) is 3.32. The molecule has 0 spiro atoms. The van der Waals surface area contributed by atoms with E-state index in [9.17, 15) is 0 Å². The van der Waals surface area contributed by atoms with Crippen molar-refractivity contribution in [1.82, 2.24) is 14.6 Å². The summed E-state index contributed by atoms with van der Waals surface area (Å²) in [6.45, 7) is 0. The molecule has 0 aliphatic carbocycles. The van der Waals surface area contributed by atoms with Gasteiger partial charge < -0.3 is 0 Å². The highest BCUT2D eigenvalue weighted by Crippen LogP contribution is 2.22. The van der Waals surface area contributed by atoms with Gasteiger partial charge >= 0.3 is 0 Å². The summed E-state index contributed by atoms with van der Waals surface area (Å²) in [5, 5.41) is 4.76. The standard InChI is InChI=1S/C6H2Cl2IN3/c7-4-2-12-5(6(8)11-4)3(9)1-10-12/h1-2H. The van der Waals surface area contributed by atoms with Crippen LogP contribution >= 0.6 is 45.8 Å². The summed E-state index contributed by atoms with van der Waals surface area (Å²) in [5.41, 5.74) is 0.793. The molecular weight excluding hydrogens is 312 g/mol. The number of halogens is 3. The van der Waals surface area contributed by atoms with E-state index in [0.29, 0.717) is 10.3 Å². The van der Waals surface area contributed by atoms with Gasteiger partial charge in [0.25, 0.3) is 0 Å². The maximum Gasteiger partial charge on any atom is 0.157 e. The van der Waals surface area contributed by atoms with Crippen LogP contribution in [0.3, 0.4) is 0 Å². The van der Waals surface area contributed by atoms with Crippen LogP contribution in [0.25, 0.3) is 5.52 Å². The molecule has 0 saturated carbocycles. The van der Waals surface area contributed by atoms with E-state index >= 15 is 0 Å². The Morgan fingerprint density at radius 3 is 2.92 bits per heavy atom. The van der Waals surface area contributed by atoms with Gasteiger partial charge in [-0.25, -0.2) is 9.50 Å². The molecule has 2 rings (SSSR count). The Bertz CT molecular complexity index is 440. The van der Waals surface area contributed by atoms with Gasteiger partial charge in [-0.1, -0.05) is 23.2 Å². The van der Waals surface area contributed by atoms with Crippen molar-refractivity contribution in [1.29, 1.82) is 0 Å². The molecule has 0 aliphatic heterocycles. The van der Waals surface area contributed by atoms with E-state index in [0.717, 1.165) is 9.09 Å². The third kappa shape index (κ3) is 1.27. The maximum atomic E-state index is 5.85. The Kier molecular flexibility index (Phi) is 2.14. The summed E-state index contributed by atoms with van der Waals surface area (Å²) in [5.74, 6) is 0. The SMILES string of the molecule is Clc1cn2ncc(I)c2c(Cl)n1. The van der Waals surface area contributed by atoms with Crippen molar-refractivity contribution in [2.75, 3.05) is 0 Å². The summed E-state index contributed by atoms with van der Waals surface area (Å²) in [6, 6.07) is 0. The number of fused-ring (bicyclic) bond motifs is 1. The molecule has 0 bridgehead atoms. The van der Waals surface area contributed by atoms with Gasteiger partial charge in [0, 0.05) is 0 Å². The first-order chi connectivity index (χ1) is 5.68. The van der Waals surface area contributed by atoms with Gasteiger partial charge in [-0.05, 0) is 22.6 Å². The van der Waals surface area contributed by atoms with Crippen LogP contribution in [0.5, 0.6) is 0 Å². The molecular formula is C6H2Cl2IN3. The zero-order valence-electron chi connectivity index (χ0n) is 5.63. The number of hydrogen-bond donors (Lipinski definition) is 0. The Morgan fingerprint density at radius 2 is 2.17 bits per heavy atom. The zero-order valence-corrected chi connectivity index (χ0v) is 9.30. The van der Waals surface area contributed by atoms with Gasteiger partial charge in [0.2, 0.25) is 0 Å². The largest absolute Gasteiger partial charge is 0.234 e. The highest BCUT2D eigenvalue weighted by molar-refractivity contribution is 14.1. The highest BCUT2D eigenvalue weighted by atomic mass is 127. The minimum absolute atomic E-state index is 0.340. The van der Waals surface area contributed by atoms with E-state index in [1.54, 1.807) is 16.9 Å². The quantitative estimate of drug-likeness (QED) is 0.700. The Morgan fingerprint density at radius 1 is 1.42 bits per heavy atom. The second-order valence-corrected chi connectivity index (χ2v) is 4.05. The van der Waals surface area contributed by atoms with Crippen LogP contribution in [-0.4, -0.2) is 14.6 Å². The molecule has 0 fully saturated rings. The normalized spacial score (nSPS) is 10.9. The lowest BCUT2D eigenvalue weighted by atomic mass is 10.5. The van der Waals surface area contributed by atoms with Gasteiger partial charge in [-0.3, -0.25) is 0 Å². The van der Waals surface area contributed by atoms with Crippen LogP contribution in [0, 0.1) is 3.57 Å². The molecule has 0 amide bonds. The molecule has 2 aromatic heterocycles. The molecule has 3 nitrogen and oxygen atoms in total. The van der Waals surface area contributed by atoms with Crippen LogP contribution < -0.4 is 0 Å². The topological polar surface area (TPSA) is 30.2 Å². The average molecular weight is 314 g/mol. The molecule has 0 saturated heterocycles.